The van der Waals surface area contributed by atoms with Gasteiger partial charge in [-0.3, -0.25) is 14.6 Å². The Labute approximate surface area is 334 Å². The fourth-order valence-corrected chi connectivity index (χ4v) is 7.88. The summed E-state index contributed by atoms with van der Waals surface area (Å²) in [7, 11) is 1.28. The van der Waals surface area contributed by atoms with Crippen molar-refractivity contribution < 1.29 is 23.9 Å². The van der Waals surface area contributed by atoms with Crippen LogP contribution in [-0.2, 0) is 14.3 Å². The number of aromatic amines is 1. The number of likely N-dealkylation sites (tertiary alicyclic amines) is 2. The first-order valence-corrected chi connectivity index (χ1v) is 20.0. The molecular weight excluding hydrogens is 717 g/mol. The van der Waals surface area contributed by atoms with Crippen LogP contribution >= 0.6 is 0 Å². The van der Waals surface area contributed by atoms with Crippen LogP contribution in [0.4, 0.5) is 4.79 Å². The summed E-state index contributed by atoms with van der Waals surface area (Å²) in [6.07, 6.45) is 4.27. The summed E-state index contributed by atoms with van der Waals surface area (Å²) in [6, 6.07) is 22.5. The molecule has 5 atom stereocenters. The van der Waals surface area contributed by atoms with Crippen LogP contribution < -0.4 is 10.1 Å². The smallest absolute Gasteiger partial charge is 0.407 e. The molecule has 7 rings (SSSR count). The van der Waals surface area contributed by atoms with Gasteiger partial charge < -0.3 is 29.6 Å². The number of ether oxygens (including phenoxy) is 2. The van der Waals surface area contributed by atoms with Gasteiger partial charge in [0.15, 0.2) is 0 Å². The molecule has 0 spiro atoms. The maximum absolute atomic E-state index is 14.1. The topological polar surface area (TPSA) is 129 Å². The zero-order valence-corrected chi connectivity index (χ0v) is 33.6. The number of aliphatic imine (C=N–C) groups is 1. The van der Waals surface area contributed by atoms with Crippen LogP contribution in [0.5, 0.6) is 5.75 Å². The average Bonchev–Trinajstić information content (AvgIpc) is 4.04. The molecule has 0 saturated carbocycles. The molecular formula is C46H52N6O5. The molecule has 4 heterocycles. The molecule has 0 aliphatic carbocycles. The minimum atomic E-state index is -0.783. The van der Waals surface area contributed by atoms with Crippen LogP contribution in [0.15, 0.2) is 84.0 Å². The van der Waals surface area contributed by atoms with Crippen LogP contribution in [0.25, 0.3) is 16.6 Å². The largest absolute Gasteiger partial charge is 0.488 e. The van der Waals surface area contributed by atoms with Crippen LogP contribution in [0, 0.1) is 29.6 Å². The molecule has 1 aromatic heterocycles. The van der Waals surface area contributed by atoms with Gasteiger partial charge in [-0.1, -0.05) is 76.8 Å². The van der Waals surface area contributed by atoms with Gasteiger partial charge in [0.05, 0.1) is 36.8 Å². The number of methoxy groups -OCH3 is 1. The minimum absolute atomic E-state index is 0.00332. The van der Waals surface area contributed by atoms with Crippen molar-refractivity contribution in [3.05, 3.63) is 102 Å². The van der Waals surface area contributed by atoms with Crippen molar-refractivity contribution in [3.8, 4) is 17.6 Å². The Bertz CT molecular complexity index is 2230. The lowest BCUT2D eigenvalue weighted by Gasteiger charge is -2.29. The molecule has 4 aromatic rings. The van der Waals surface area contributed by atoms with E-state index in [1.165, 1.54) is 7.11 Å². The van der Waals surface area contributed by atoms with Gasteiger partial charge in [-0.25, -0.2) is 9.78 Å². The van der Waals surface area contributed by atoms with Crippen LogP contribution in [0.2, 0.25) is 0 Å². The van der Waals surface area contributed by atoms with E-state index in [9.17, 15) is 14.4 Å². The first-order valence-electron chi connectivity index (χ1n) is 20.0. The number of imidazole rings is 1. The van der Waals surface area contributed by atoms with Crippen molar-refractivity contribution in [1.29, 1.82) is 0 Å². The summed E-state index contributed by atoms with van der Waals surface area (Å²) >= 11 is 0. The van der Waals surface area contributed by atoms with Crippen molar-refractivity contribution >= 4 is 40.2 Å². The molecule has 0 bridgehead atoms. The number of alkyl carbamates (subject to hydrolysis) is 1. The van der Waals surface area contributed by atoms with Crippen LogP contribution in [0.3, 0.4) is 0 Å². The molecule has 11 nitrogen and oxygen atoms in total. The quantitative estimate of drug-likeness (QED) is 0.161. The highest BCUT2D eigenvalue weighted by Crippen LogP contribution is 2.35. The first-order chi connectivity index (χ1) is 27.5. The third-order valence-corrected chi connectivity index (χ3v) is 11.5. The molecule has 2 N–H and O–H groups in total. The van der Waals surface area contributed by atoms with E-state index >= 15 is 0 Å². The average molecular weight is 769 g/mol. The molecule has 3 aromatic carbocycles. The number of carbonyl (C=O) groups excluding carboxylic acids is 3. The number of aromatic nitrogens is 2. The highest BCUT2D eigenvalue weighted by Gasteiger charge is 2.43. The monoisotopic (exact) mass is 768 g/mol. The summed E-state index contributed by atoms with van der Waals surface area (Å²) in [6.45, 7) is 11.2. The number of allylic oxidation sites excluding steroid dienone is 1. The Balaban J connectivity index is 1.04. The van der Waals surface area contributed by atoms with Gasteiger partial charge in [-0.05, 0) is 78.3 Å². The molecule has 296 valence electrons. The number of fused-ring (bicyclic) bond motifs is 1. The van der Waals surface area contributed by atoms with Crippen molar-refractivity contribution in [1.82, 2.24) is 25.1 Å². The van der Waals surface area contributed by atoms with E-state index in [4.69, 9.17) is 19.5 Å². The van der Waals surface area contributed by atoms with Crippen molar-refractivity contribution in [3.63, 3.8) is 0 Å². The van der Waals surface area contributed by atoms with Gasteiger partial charge in [0, 0.05) is 48.3 Å². The highest BCUT2D eigenvalue weighted by atomic mass is 16.5. The van der Waals surface area contributed by atoms with E-state index in [-0.39, 0.29) is 35.8 Å². The molecule has 3 amide bonds. The van der Waals surface area contributed by atoms with Crippen molar-refractivity contribution in [2.45, 2.75) is 84.5 Å². The van der Waals surface area contributed by atoms with Crippen molar-refractivity contribution in [2.75, 3.05) is 20.2 Å². The number of carbonyl (C=O) groups is 3. The predicted octanol–water partition coefficient (Wildman–Crippen LogP) is 7.53. The summed E-state index contributed by atoms with van der Waals surface area (Å²) in [5.41, 5.74) is 6.63. The first kappa shape index (κ1) is 39.3. The fourth-order valence-electron chi connectivity index (χ4n) is 7.88. The second kappa shape index (κ2) is 17.1. The lowest BCUT2D eigenvalue weighted by molar-refractivity contribution is -0.136. The van der Waals surface area contributed by atoms with E-state index < -0.39 is 18.2 Å². The lowest BCUT2D eigenvalue weighted by Crippen LogP contribution is -2.51. The Morgan fingerprint density at radius 1 is 0.877 bits per heavy atom. The fraction of sp³-hybridized carbons (Fsp3) is 0.413. The zero-order chi connectivity index (χ0) is 40.2. The molecule has 2 saturated heterocycles. The van der Waals surface area contributed by atoms with Gasteiger partial charge in [0.2, 0.25) is 11.8 Å². The number of benzene rings is 3. The van der Waals surface area contributed by atoms with E-state index in [1.54, 1.807) is 4.90 Å². The third-order valence-electron chi connectivity index (χ3n) is 11.5. The van der Waals surface area contributed by atoms with Gasteiger partial charge in [-0.15, -0.1) is 0 Å². The van der Waals surface area contributed by atoms with E-state index in [0.717, 1.165) is 70.6 Å². The minimum Gasteiger partial charge on any atom is -0.488 e. The predicted molar refractivity (Wildman–Crippen MR) is 221 cm³/mol. The molecule has 3 aliphatic heterocycles. The van der Waals surface area contributed by atoms with E-state index in [0.29, 0.717) is 24.7 Å². The second-order valence-corrected chi connectivity index (χ2v) is 16.0. The maximum Gasteiger partial charge on any atom is 0.407 e. The third kappa shape index (κ3) is 8.75. The summed E-state index contributed by atoms with van der Waals surface area (Å²) < 4.78 is 11.1. The van der Waals surface area contributed by atoms with E-state index in [2.05, 4.69) is 53.0 Å². The zero-order valence-electron chi connectivity index (χ0n) is 33.6. The summed E-state index contributed by atoms with van der Waals surface area (Å²) in [5.74, 6) is 8.12. The molecule has 11 heteroatoms. The summed E-state index contributed by atoms with van der Waals surface area (Å²) in [4.78, 5) is 56.5. The van der Waals surface area contributed by atoms with Gasteiger partial charge in [0.1, 0.15) is 23.7 Å². The number of nitrogens with one attached hydrogen (secondary N) is 2. The van der Waals surface area contributed by atoms with Crippen molar-refractivity contribution in [2.24, 2.45) is 22.7 Å². The molecule has 57 heavy (non-hydrogen) atoms. The van der Waals surface area contributed by atoms with Gasteiger partial charge in [-0.2, -0.15) is 0 Å². The number of para-hydroxylation sites is 1. The SMILES string of the molecule is COC(=O)N[C@H](C(=O)N1C[C@H](Oc2ccccc2)C[C@H]1c1nc2ccc(C#Cc3ccc(C4=CN=C([C@@H]5CCCN5C(=O)[C@@H](C)C(C)C)C4)cc3)cc2[nH]1)C(C)C. The van der Waals surface area contributed by atoms with E-state index in [1.807, 2.05) is 87.6 Å². The highest BCUT2D eigenvalue weighted by molar-refractivity contribution is 6.03. The number of hydrogen-bond donors (Lipinski definition) is 2. The Morgan fingerprint density at radius 3 is 2.33 bits per heavy atom. The van der Waals surface area contributed by atoms with Crippen LogP contribution in [-0.4, -0.2) is 81.8 Å². The number of H-pyrrole nitrogens is 1. The van der Waals surface area contributed by atoms with Gasteiger partial charge >= 0.3 is 6.09 Å². The number of nitrogens with zero attached hydrogens (tertiary/aromatic N) is 4. The second-order valence-electron chi connectivity index (χ2n) is 16.0. The molecule has 0 unspecified atom stereocenters. The lowest BCUT2D eigenvalue weighted by atomic mass is 9.94. The Kier molecular flexibility index (Phi) is 11.8. The Morgan fingerprint density at radius 2 is 1.61 bits per heavy atom. The normalized spacial score (nSPS) is 20.2. The summed E-state index contributed by atoms with van der Waals surface area (Å²) in [5, 5.41) is 2.72. The molecule has 3 aliphatic rings. The number of rotatable bonds is 10. The number of amides is 3. The molecule has 2 fully saturated rings. The Hall–Kier alpha value is -5.89. The number of hydrogen-bond acceptors (Lipinski definition) is 7. The maximum atomic E-state index is 14.1. The molecule has 0 radical (unpaired) electrons. The standard InChI is InChI=1S/C46H52N6O5/c1-28(2)30(5)44(53)51-22-10-13-40(51)39-24-34(26-47-39)33-19-16-31(17-20-33)14-15-32-18-21-37-38(23-32)49-43(48-37)41-25-36(57-35-11-8-7-9-12-35)27-52(41)45(54)42(29(3)4)50-46(55)56-6/h7-9,11-12,16-21,23,26,28-30,36,40-42H,10,13,22,24-25,27H2,1-6H3,(H,48,49)(H,50,55)/t30-,36+,40-,41-,42-/m0/s1. The van der Waals surface area contributed by atoms with Crippen LogP contribution in [0.1, 0.15) is 88.9 Å². The van der Waals surface area contributed by atoms with Gasteiger partial charge in [0.25, 0.3) is 0 Å².